The molecule has 0 radical (unpaired) electrons. The Morgan fingerprint density at radius 3 is 1.90 bits per heavy atom. The van der Waals surface area contributed by atoms with E-state index in [0.29, 0.717) is 10.8 Å². The van der Waals surface area contributed by atoms with Crippen LogP contribution in [0.25, 0.3) is 0 Å². The minimum atomic E-state index is 0.692. The summed E-state index contributed by atoms with van der Waals surface area (Å²) in [7, 11) is 0. The molecule has 0 amide bonds. The molecular weight excluding hydrogens is 240 g/mol. The van der Waals surface area contributed by atoms with Crippen molar-refractivity contribution >= 4 is 0 Å². The first-order valence-electron chi connectivity index (χ1n) is 9.59. The number of hydrogen-bond acceptors (Lipinski definition) is 0. The molecule has 0 heteroatoms. The lowest BCUT2D eigenvalue weighted by molar-refractivity contribution is -0.0726. The highest BCUT2D eigenvalue weighted by Crippen LogP contribution is 2.60. The summed E-state index contributed by atoms with van der Waals surface area (Å²) in [4.78, 5) is 0. The van der Waals surface area contributed by atoms with Gasteiger partial charge < -0.3 is 0 Å². The average molecular weight is 277 g/mol. The van der Waals surface area contributed by atoms with Gasteiger partial charge in [-0.25, -0.2) is 0 Å². The summed E-state index contributed by atoms with van der Waals surface area (Å²) in [5.41, 5.74) is 1.40. The van der Waals surface area contributed by atoms with Crippen LogP contribution in [0, 0.1) is 28.6 Å². The number of hydrogen-bond donors (Lipinski definition) is 0. The van der Waals surface area contributed by atoms with E-state index in [-0.39, 0.29) is 0 Å². The molecule has 0 aromatic heterocycles. The summed E-state index contributed by atoms with van der Waals surface area (Å²) in [6, 6.07) is 0. The molecule has 3 rings (SSSR count). The van der Waals surface area contributed by atoms with Crippen molar-refractivity contribution in [3.05, 3.63) is 0 Å². The molecule has 3 fully saturated rings. The molecule has 3 saturated carbocycles. The highest BCUT2D eigenvalue weighted by Gasteiger charge is 2.51. The standard InChI is InChI=1S/C20H36/c1-4-16-17-10-6-9-14-20(17,3)15-11-18(16)19(2)12-7-5-8-13-19/h16-18H,4-15H2,1-3H3/t16-,17-,18-,20-/m0/s1. The lowest BCUT2D eigenvalue weighted by atomic mass is 9.48. The maximum atomic E-state index is 2.66. The fourth-order valence-corrected chi connectivity index (χ4v) is 6.61. The molecule has 0 saturated heterocycles. The number of fused-ring (bicyclic) bond motifs is 1. The largest absolute Gasteiger partial charge is 0.0651 e. The molecule has 0 spiro atoms. The molecule has 0 N–H and O–H groups in total. The van der Waals surface area contributed by atoms with Gasteiger partial charge in [-0.1, -0.05) is 59.3 Å². The van der Waals surface area contributed by atoms with Crippen LogP contribution in [0.15, 0.2) is 0 Å². The van der Waals surface area contributed by atoms with Crippen molar-refractivity contribution in [2.75, 3.05) is 0 Å². The first kappa shape index (κ1) is 14.9. The monoisotopic (exact) mass is 276 g/mol. The molecule has 4 atom stereocenters. The van der Waals surface area contributed by atoms with Gasteiger partial charge >= 0.3 is 0 Å². The second-order valence-corrected chi connectivity index (χ2v) is 8.94. The van der Waals surface area contributed by atoms with Crippen LogP contribution in [0.5, 0.6) is 0 Å². The van der Waals surface area contributed by atoms with E-state index >= 15 is 0 Å². The highest BCUT2D eigenvalue weighted by atomic mass is 14.6. The first-order valence-corrected chi connectivity index (χ1v) is 9.59. The fourth-order valence-electron chi connectivity index (χ4n) is 6.61. The van der Waals surface area contributed by atoms with Gasteiger partial charge in [0.25, 0.3) is 0 Å². The van der Waals surface area contributed by atoms with Crippen LogP contribution in [-0.4, -0.2) is 0 Å². The van der Waals surface area contributed by atoms with Crippen LogP contribution in [0.3, 0.4) is 0 Å². The Morgan fingerprint density at radius 1 is 0.700 bits per heavy atom. The minimum Gasteiger partial charge on any atom is -0.0651 e. The molecular formula is C20H36. The van der Waals surface area contributed by atoms with E-state index in [4.69, 9.17) is 0 Å². The maximum Gasteiger partial charge on any atom is -0.0295 e. The average Bonchev–Trinajstić information content (AvgIpc) is 2.46. The molecule has 0 nitrogen and oxygen atoms in total. The van der Waals surface area contributed by atoms with Gasteiger partial charge in [0, 0.05) is 0 Å². The van der Waals surface area contributed by atoms with E-state index in [1.165, 1.54) is 64.2 Å². The third-order valence-electron chi connectivity index (χ3n) is 7.83. The summed E-state index contributed by atoms with van der Waals surface area (Å²) >= 11 is 0. The van der Waals surface area contributed by atoms with Crippen molar-refractivity contribution in [2.45, 2.75) is 97.8 Å². The van der Waals surface area contributed by atoms with Gasteiger partial charge in [0.05, 0.1) is 0 Å². The Labute approximate surface area is 127 Å². The molecule has 3 aliphatic carbocycles. The summed E-state index contributed by atoms with van der Waals surface area (Å²) in [6.07, 6.45) is 18.2. The third kappa shape index (κ3) is 2.46. The van der Waals surface area contributed by atoms with Gasteiger partial charge in [-0.2, -0.15) is 0 Å². The summed E-state index contributed by atoms with van der Waals surface area (Å²) in [6.45, 7) is 7.79. The molecule has 20 heavy (non-hydrogen) atoms. The Bertz CT molecular complexity index is 325. The molecule has 0 bridgehead atoms. The van der Waals surface area contributed by atoms with Crippen molar-refractivity contribution in [3.8, 4) is 0 Å². The van der Waals surface area contributed by atoms with E-state index in [2.05, 4.69) is 20.8 Å². The minimum absolute atomic E-state index is 0.692. The lowest BCUT2D eigenvalue weighted by Gasteiger charge is -2.57. The predicted molar refractivity (Wildman–Crippen MR) is 87.8 cm³/mol. The Kier molecular flexibility index (Phi) is 4.22. The van der Waals surface area contributed by atoms with Crippen molar-refractivity contribution in [2.24, 2.45) is 28.6 Å². The van der Waals surface area contributed by atoms with E-state index in [1.54, 1.807) is 12.8 Å². The smallest absolute Gasteiger partial charge is 0.0295 e. The predicted octanol–water partition coefficient (Wildman–Crippen LogP) is 6.59. The molecule has 0 heterocycles. The molecule has 0 aliphatic heterocycles. The Morgan fingerprint density at radius 2 is 1.25 bits per heavy atom. The van der Waals surface area contributed by atoms with Crippen LogP contribution in [0.1, 0.15) is 97.8 Å². The van der Waals surface area contributed by atoms with Gasteiger partial charge in [-0.15, -0.1) is 0 Å². The molecule has 0 aromatic rings. The summed E-state index contributed by atoms with van der Waals surface area (Å²) < 4.78 is 0. The molecule has 0 unspecified atom stereocenters. The van der Waals surface area contributed by atoms with Gasteiger partial charge in [-0.3, -0.25) is 0 Å². The maximum absolute atomic E-state index is 2.66. The fraction of sp³-hybridized carbons (Fsp3) is 1.00. The normalized spacial score (nSPS) is 44.9. The van der Waals surface area contributed by atoms with E-state index < -0.39 is 0 Å². The molecule has 116 valence electrons. The molecule has 3 aliphatic rings. The SMILES string of the molecule is CC[C@@H]1[C@@H](C2(C)CCCCC2)CC[C@]2(C)CCCC[C@@H]12. The van der Waals surface area contributed by atoms with Gasteiger partial charge in [0.1, 0.15) is 0 Å². The number of rotatable bonds is 2. The first-order chi connectivity index (χ1) is 9.59. The lowest BCUT2D eigenvalue weighted by Crippen LogP contribution is -2.48. The second kappa shape index (κ2) is 5.65. The van der Waals surface area contributed by atoms with Crippen LogP contribution in [-0.2, 0) is 0 Å². The van der Waals surface area contributed by atoms with E-state index in [1.807, 2.05) is 0 Å². The topological polar surface area (TPSA) is 0 Å². The van der Waals surface area contributed by atoms with Gasteiger partial charge in [0.2, 0.25) is 0 Å². The Hall–Kier alpha value is 0. The second-order valence-electron chi connectivity index (χ2n) is 8.94. The van der Waals surface area contributed by atoms with Crippen LogP contribution >= 0.6 is 0 Å². The van der Waals surface area contributed by atoms with Crippen molar-refractivity contribution in [1.82, 2.24) is 0 Å². The Balaban J connectivity index is 1.82. The zero-order chi connectivity index (χ0) is 14.2. The van der Waals surface area contributed by atoms with Crippen LogP contribution in [0.2, 0.25) is 0 Å². The van der Waals surface area contributed by atoms with Gasteiger partial charge in [0.15, 0.2) is 0 Å². The van der Waals surface area contributed by atoms with Crippen molar-refractivity contribution < 1.29 is 0 Å². The quantitative estimate of drug-likeness (QED) is 0.533. The highest BCUT2D eigenvalue weighted by molar-refractivity contribution is 5.01. The zero-order valence-corrected chi connectivity index (χ0v) is 14.2. The van der Waals surface area contributed by atoms with E-state index in [0.717, 1.165) is 17.8 Å². The van der Waals surface area contributed by atoms with E-state index in [9.17, 15) is 0 Å². The van der Waals surface area contributed by atoms with Crippen LogP contribution < -0.4 is 0 Å². The van der Waals surface area contributed by atoms with Crippen LogP contribution in [0.4, 0.5) is 0 Å². The van der Waals surface area contributed by atoms with Gasteiger partial charge in [-0.05, 0) is 67.1 Å². The van der Waals surface area contributed by atoms with Crippen molar-refractivity contribution in [3.63, 3.8) is 0 Å². The zero-order valence-electron chi connectivity index (χ0n) is 14.2. The van der Waals surface area contributed by atoms with Crippen molar-refractivity contribution in [1.29, 1.82) is 0 Å². The summed E-state index contributed by atoms with van der Waals surface area (Å²) in [5, 5.41) is 0. The molecule has 0 aromatic carbocycles. The summed E-state index contributed by atoms with van der Waals surface area (Å²) in [5.74, 6) is 3.14. The third-order valence-corrected chi connectivity index (χ3v) is 7.83.